The standard InChI is InChI=1S/C10H16N2.3C9H15N3.C9H14N2O.C8H13N3O/c1-8-5-6-11-9(7-8)12-10(2,3)4;2*1-7-10-6-5-8(11-7)12-9(2,3)4;1-9(2,3)12-8-6-7(10)4-5-11-8;1-7-10-6-5-8(11-7)12-9(2,3)4;1-8(2,3)12-6-4-5-10-7(9)11-6/h5-7H,1-4H3,(H,11,12);2*5-6H,1-4H3,(H,10,11,12);4-6H,1-3H3,(H3,10,11,12);5-6H,1-4H3;4-5H,1-3H3,(H2,9,10,11). The predicted molar refractivity (Wildman–Crippen MR) is 299 cm³/mol. The van der Waals surface area contributed by atoms with Gasteiger partial charge in [0.05, 0.1) is 0 Å². The Balaban J connectivity index is 0.000000432. The average molecular weight is 993 g/mol. The molecule has 0 atom stereocenters. The molecule has 0 aliphatic heterocycles. The number of rotatable bonds is 6. The Morgan fingerprint density at radius 1 is 0.361 bits per heavy atom. The molecule has 0 amide bonds. The molecular formula is C54H88N16O2. The maximum absolute atomic E-state index is 5.60. The maximum atomic E-state index is 5.60. The normalized spacial score (nSPS) is 11.3. The molecule has 0 radical (unpaired) electrons. The van der Waals surface area contributed by atoms with Gasteiger partial charge in [0, 0.05) is 83.2 Å². The highest BCUT2D eigenvalue weighted by molar-refractivity contribution is 5.49. The van der Waals surface area contributed by atoms with E-state index in [1.54, 1.807) is 49.2 Å². The summed E-state index contributed by atoms with van der Waals surface area (Å²) in [6, 6.07) is 14.8. The van der Waals surface area contributed by atoms with Crippen molar-refractivity contribution in [2.24, 2.45) is 0 Å². The quantitative estimate of drug-likeness (QED) is 0.0908. The van der Waals surface area contributed by atoms with E-state index in [-0.39, 0.29) is 39.3 Å². The summed E-state index contributed by atoms with van der Waals surface area (Å²) in [6.07, 6.45) is 10.3. The van der Waals surface area contributed by atoms with Gasteiger partial charge in [-0.05, 0) is 188 Å². The molecule has 8 N–H and O–H groups in total. The second-order valence-electron chi connectivity index (χ2n) is 22.8. The second kappa shape index (κ2) is 28.2. The number of hydrogen-bond donors (Lipinski definition) is 6. The highest BCUT2D eigenvalue weighted by Crippen LogP contribution is 2.17. The third-order valence-corrected chi connectivity index (χ3v) is 7.48. The first kappa shape index (κ1) is 63.0. The molecule has 0 spiro atoms. The number of pyridine rings is 2. The number of nitrogens with zero attached hydrogens (tertiary/aromatic N) is 10. The van der Waals surface area contributed by atoms with E-state index in [2.05, 4.69) is 161 Å². The minimum absolute atomic E-state index is 0.0286. The third kappa shape index (κ3) is 35.2. The van der Waals surface area contributed by atoms with Crippen LogP contribution in [-0.2, 0) is 0 Å². The molecule has 0 bridgehead atoms. The smallest absolute Gasteiger partial charge is 0.223 e. The first-order valence-corrected chi connectivity index (χ1v) is 24.0. The van der Waals surface area contributed by atoms with Crippen molar-refractivity contribution in [1.82, 2.24) is 49.8 Å². The van der Waals surface area contributed by atoms with Gasteiger partial charge in [-0.2, -0.15) is 9.97 Å². The monoisotopic (exact) mass is 993 g/mol. The molecule has 6 aromatic rings. The molecule has 6 aromatic heterocycles. The van der Waals surface area contributed by atoms with E-state index in [1.165, 1.54) is 5.56 Å². The maximum Gasteiger partial charge on any atom is 0.223 e. The largest absolute Gasteiger partial charge is 0.472 e. The van der Waals surface area contributed by atoms with Crippen molar-refractivity contribution < 1.29 is 9.47 Å². The van der Waals surface area contributed by atoms with E-state index in [0.29, 0.717) is 11.8 Å². The molecule has 0 saturated carbocycles. The third-order valence-electron chi connectivity index (χ3n) is 7.48. The number of ether oxygens (including phenoxy) is 2. The lowest BCUT2D eigenvalue weighted by atomic mass is 10.1. The van der Waals surface area contributed by atoms with Crippen LogP contribution in [0.25, 0.3) is 0 Å². The van der Waals surface area contributed by atoms with Gasteiger partial charge in [-0.25, -0.2) is 39.9 Å². The van der Waals surface area contributed by atoms with Gasteiger partial charge < -0.3 is 42.2 Å². The van der Waals surface area contributed by atoms with Crippen LogP contribution < -0.4 is 42.2 Å². The van der Waals surface area contributed by atoms with Gasteiger partial charge in [0.2, 0.25) is 17.7 Å². The zero-order valence-electron chi connectivity index (χ0n) is 47.5. The molecule has 0 saturated heterocycles. The average Bonchev–Trinajstić information content (AvgIpc) is 3.15. The highest BCUT2D eigenvalue weighted by atomic mass is 16.5. The lowest BCUT2D eigenvalue weighted by molar-refractivity contribution is 0.123. The Labute approximate surface area is 431 Å². The summed E-state index contributed by atoms with van der Waals surface area (Å²) in [4.78, 5) is 40.6. The zero-order valence-corrected chi connectivity index (χ0v) is 47.5. The Morgan fingerprint density at radius 2 is 0.694 bits per heavy atom. The number of nitrogens with two attached hydrogens (primary N) is 2. The highest BCUT2D eigenvalue weighted by Gasteiger charge is 2.15. The topological polar surface area (TPSA) is 248 Å². The summed E-state index contributed by atoms with van der Waals surface area (Å²) in [5.74, 6) is 7.24. The zero-order chi connectivity index (χ0) is 55.1. The summed E-state index contributed by atoms with van der Waals surface area (Å²) >= 11 is 0. The second-order valence-corrected chi connectivity index (χ2v) is 22.8. The number of anilines is 6. The minimum Gasteiger partial charge on any atom is -0.472 e. The number of aromatic nitrogens is 10. The molecule has 0 aromatic carbocycles. The Kier molecular flexibility index (Phi) is 24.7. The van der Waals surface area contributed by atoms with Crippen molar-refractivity contribution in [3.8, 4) is 11.8 Å². The van der Waals surface area contributed by atoms with Gasteiger partial charge in [0.1, 0.15) is 51.9 Å². The summed E-state index contributed by atoms with van der Waals surface area (Å²) in [6.45, 7) is 44.7. The number of aryl methyl sites for hydroxylation is 4. The summed E-state index contributed by atoms with van der Waals surface area (Å²) in [5, 5.41) is 13.1. The van der Waals surface area contributed by atoms with E-state index in [1.807, 2.05) is 98.8 Å². The van der Waals surface area contributed by atoms with Gasteiger partial charge >= 0.3 is 0 Å². The lowest BCUT2D eigenvalue weighted by Crippen LogP contribution is -2.26. The SMILES string of the molecule is CC(C)(C)Nc1cc(N)ccn1.CC(C)(C)Oc1ccnc(N)n1.Cc1ccnc(NC(C)(C)C)c1.Cc1nccc(NC(C)(C)C)n1.Cc1nccc(NC(C)(C)C)n1.Cc1nccc(OC(C)(C)C)n1. The summed E-state index contributed by atoms with van der Waals surface area (Å²) < 4.78 is 11.0. The van der Waals surface area contributed by atoms with Crippen molar-refractivity contribution >= 4 is 34.9 Å². The van der Waals surface area contributed by atoms with E-state index in [0.717, 1.165) is 46.4 Å². The van der Waals surface area contributed by atoms with Gasteiger partial charge in [0.25, 0.3) is 0 Å². The van der Waals surface area contributed by atoms with Gasteiger partial charge in [-0.1, -0.05) is 0 Å². The Hall–Kier alpha value is -6.98. The molecule has 18 nitrogen and oxygen atoms in total. The molecule has 6 rings (SSSR count). The first-order valence-electron chi connectivity index (χ1n) is 24.0. The molecule has 396 valence electrons. The van der Waals surface area contributed by atoms with Crippen LogP contribution in [0.15, 0.2) is 85.7 Å². The van der Waals surface area contributed by atoms with Crippen LogP contribution >= 0.6 is 0 Å². The summed E-state index contributed by atoms with van der Waals surface area (Å²) in [5.41, 5.74) is 12.7. The molecule has 0 aliphatic carbocycles. The Morgan fingerprint density at radius 3 is 1.04 bits per heavy atom. The molecule has 72 heavy (non-hydrogen) atoms. The van der Waals surface area contributed by atoms with Gasteiger partial charge in [0.15, 0.2) is 0 Å². The molecule has 18 heteroatoms. The van der Waals surface area contributed by atoms with Crippen LogP contribution in [0.5, 0.6) is 11.8 Å². The molecule has 0 aliphatic rings. The molecular weight excluding hydrogens is 905 g/mol. The van der Waals surface area contributed by atoms with Crippen molar-refractivity contribution in [1.29, 1.82) is 0 Å². The van der Waals surface area contributed by atoms with E-state index in [4.69, 9.17) is 20.9 Å². The van der Waals surface area contributed by atoms with Gasteiger partial charge in [-0.15, -0.1) is 0 Å². The van der Waals surface area contributed by atoms with Crippen molar-refractivity contribution in [2.75, 3.05) is 32.7 Å². The van der Waals surface area contributed by atoms with Crippen LogP contribution in [0.1, 0.15) is 148 Å². The lowest BCUT2D eigenvalue weighted by Gasteiger charge is -2.21. The fourth-order valence-electron chi connectivity index (χ4n) is 5.24. The van der Waals surface area contributed by atoms with Crippen LogP contribution in [0, 0.1) is 27.7 Å². The van der Waals surface area contributed by atoms with E-state index >= 15 is 0 Å². The molecule has 0 unspecified atom stereocenters. The van der Waals surface area contributed by atoms with Crippen molar-refractivity contribution in [3.05, 3.63) is 109 Å². The predicted octanol–water partition coefficient (Wildman–Crippen LogP) is 11.7. The number of nitrogen functional groups attached to an aromatic ring is 2. The minimum atomic E-state index is -0.249. The first-order chi connectivity index (χ1) is 32.8. The Bertz CT molecular complexity index is 2030. The van der Waals surface area contributed by atoms with Crippen LogP contribution in [-0.4, -0.2) is 83.2 Å². The van der Waals surface area contributed by atoms with Crippen LogP contribution in [0.2, 0.25) is 0 Å². The van der Waals surface area contributed by atoms with Crippen molar-refractivity contribution in [3.63, 3.8) is 0 Å². The van der Waals surface area contributed by atoms with Gasteiger partial charge in [-0.3, -0.25) is 0 Å². The fourth-order valence-corrected chi connectivity index (χ4v) is 5.24. The van der Waals surface area contributed by atoms with E-state index in [9.17, 15) is 0 Å². The van der Waals surface area contributed by atoms with Crippen molar-refractivity contribution in [2.45, 2.75) is 186 Å². The molecule has 6 heterocycles. The van der Waals surface area contributed by atoms with Crippen LogP contribution in [0.4, 0.5) is 34.9 Å². The molecule has 0 fully saturated rings. The summed E-state index contributed by atoms with van der Waals surface area (Å²) in [7, 11) is 0. The number of nitrogens with one attached hydrogen (secondary N) is 4. The van der Waals surface area contributed by atoms with Crippen LogP contribution in [0.3, 0.4) is 0 Å². The fraction of sp³-hybridized carbons (Fsp3) is 0.519. The van der Waals surface area contributed by atoms with E-state index < -0.39 is 0 Å². The number of hydrogen-bond acceptors (Lipinski definition) is 18.